The first-order valence-corrected chi connectivity index (χ1v) is 13.8. The molecule has 0 aliphatic carbocycles. The van der Waals surface area contributed by atoms with Crippen LogP contribution in [0, 0.1) is 12.7 Å². The Balaban J connectivity index is 1.44. The number of nitrogens with zero attached hydrogens (tertiary/aromatic N) is 3. The number of unbranched alkanes of at least 4 members (excludes halogenated alkanes) is 3. The molecular weight excluding hydrogens is 483 g/mol. The smallest absolute Gasteiger partial charge is 0.251 e. The molecule has 5 nitrogen and oxygen atoms in total. The second kappa shape index (κ2) is 13.2. The zero-order chi connectivity index (χ0) is 26.0. The van der Waals surface area contributed by atoms with Gasteiger partial charge in [0.2, 0.25) is 0 Å². The van der Waals surface area contributed by atoms with E-state index in [1.165, 1.54) is 55.1 Å². The molecule has 192 valence electrons. The summed E-state index contributed by atoms with van der Waals surface area (Å²) in [5.41, 5.74) is 4.96. The maximum atomic E-state index is 13.3. The fraction of sp³-hybridized carbons (Fsp3) is 0.300. The largest absolute Gasteiger partial charge is 0.345 e. The molecule has 0 aliphatic rings. The highest BCUT2D eigenvalue weighted by molar-refractivity contribution is 7.98. The Hall–Kier alpha value is -3.45. The number of thioether (sulfide) groups is 1. The number of halogens is 1. The number of rotatable bonds is 12. The highest BCUT2D eigenvalue weighted by Crippen LogP contribution is 2.26. The van der Waals surface area contributed by atoms with Gasteiger partial charge in [-0.2, -0.15) is 0 Å². The van der Waals surface area contributed by atoms with Gasteiger partial charge in [0.05, 0.1) is 6.54 Å². The first kappa shape index (κ1) is 26.6. The molecule has 0 atom stereocenters. The van der Waals surface area contributed by atoms with Gasteiger partial charge in [-0.15, -0.1) is 10.2 Å². The van der Waals surface area contributed by atoms with Crippen molar-refractivity contribution in [2.45, 2.75) is 63.4 Å². The first-order valence-electron chi connectivity index (χ1n) is 12.8. The van der Waals surface area contributed by atoms with Crippen molar-refractivity contribution in [3.05, 3.63) is 107 Å². The number of carbonyl (C=O) groups excluding carboxylic acids is 1. The molecule has 4 rings (SSSR count). The Bertz CT molecular complexity index is 1280. The van der Waals surface area contributed by atoms with E-state index >= 15 is 0 Å². The Morgan fingerprint density at radius 1 is 0.892 bits per heavy atom. The molecule has 0 aliphatic heterocycles. The minimum atomic E-state index is -0.254. The second-order valence-electron chi connectivity index (χ2n) is 9.18. The van der Waals surface area contributed by atoms with Gasteiger partial charge in [-0.25, -0.2) is 4.39 Å². The summed E-state index contributed by atoms with van der Waals surface area (Å²) in [6, 6.07) is 22.4. The molecule has 4 aromatic rings. The Kier molecular flexibility index (Phi) is 9.49. The van der Waals surface area contributed by atoms with Crippen LogP contribution in [0.5, 0.6) is 0 Å². The summed E-state index contributed by atoms with van der Waals surface area (Å²) in [5, 5.41) is 12.5. The molecule has 0 bridgehead atoms. The summed E-state index contributed by atoms with van der Waals surface area (Å²) in [5.74, 6) is 0.876. The molecular formula is C30H33FN4OS. The fourth-order valence-corrected chi connectivity index (χ4v) is 4.96. The zero-order valence-electron chi connectivity index (χ0n) is 21.4. The Labute approximate surface area is 222 Å². The van der Waals surface area contributed by atoms with Crippen molar-refractivity contribution in [1.82, 2.24) is 20.1 Å². The van der Waals surface area contributed by atoms with Crippen LogP contribution in [0.1, 0.15) is 65.5 Å². The Morgan fingerprint density at radius 2 is 1.59 bits per heavy atom. The van der Waals surface area contributed by atoms with Gasteiger partial charge in [0.25, 0.3) is 5.91 Å². The average molecular weight is 517 g/mol. The monoisotopic (exact) mass is 516 g/mol. The lowest BCUT2D eigenvalue weighted by atomic mass is 10.0. The number of nitrogens with one attached hydrogen (secondary N) is 1. The van der Waals surface area contributed by atoms with E-state index in [0.717, 1.165) is 23.2 Å². The van der Waals surface area contributed by atoms with Gasteiger partial charge >= 0.3 is 0 Å². The number of hydrogen-bond donors (Lipinski definition) is 1. The molecule has 7 heteroatoms. The van der Waals surface area contributed by atoms with Crippen molar-refractivity contribution in [2.24, 2.45) is 0 Å². The normalized spacial score (nSPS) is 11.0. The molecule has 1 heterocycles. The lowest BCUT2D eigenvalue weighted by molar-refractivity contribution is 0.0949. The fourth-order valence-electron chi connectivity index (χ4n) is 4.03. The van der Waals surface area contributed by atoms with E-state index in [2.05, 4.69) is 22.4 Å². The molecule has 1 amide bonds. The van der Waals surface area contributed by atoms with Gasteiger partial charge in [-0.05, 0) is 67.3 Å². The summed E-state index contributed by atoms with van der Waals surface area (Å²) >= 11 is 1.52. The van der Waals surface area contributed by atoms with Gasteiger partial charge in [-0.3, -0.25) is 9.36 Å². The summed E-state index contributed by atoms with van der Waals surface area (Å²) in [6.45, 7) is 4.50. The van der Waals surface area contributed by atoms with E-state index < -0.39 is 0 Å². The molecule has 1 N–H and O–H groups in total. The van der Waals surface area contributed by atoms with Crippen molar-refractivity contribution >= 4 is 17.7 Å². The average Bonchev–Trinajstić information content (AvgIpc) is 3.33. The molecule has 0 fully saturated rings. The van der Waals surface area contributed by atoms with Crippen LogP contribution in [-0.2, 0) is 18.7 Å². The first-order chi connectivity index (χ1) is 18.0. The minimum absolute atomic E-state index is 0.142. The highest BCUT2D eigenvalue weighted by atomic mass is 32.2. The number of carbonyl (C=O) groups is 1. The lowest BCUT2D eigenvalue weighted by Crippen LogP contribution is -2.24. The third-order valence-electron chi connectivity index (χ3n) is 6.22. The number of benzene rings is 3. The second-order valence-corrected chi connectivity index (χ2v) is 10.1. The quantitative estimate of drug-likeness (QED) is 0.162. The maximum absolute atomic E-state index is 13.3. The molecule has 0 saturated carbocycles. The summed E-state index contributed by atoms with van der Waals surface area (Å²) < 4.78 is 15.2. The van der Waals surface area contributed by atoms with Crippen LogP contribution in [0.2, 0.25) is 0 Å². The van der Waals surface area contributed by atoms with E-state index in [9.17, 15) is 9.18 Å². The molecule has 0 unspecified atom stereocenters. The molecule has 1 aromatic heterocycles. The lowest BCUT2D eigenvalue weighted by Gasteiger charge is -2.12. The van der Waals surface area contributed by atoms with E-state index in [0.29, 0.717) is 22.3 Å². The van der Waals surface area contributed by atoms with Crippen LogP contribution in [0.15, 0.2) is 78.0 Å². The molecule has 0 radical (unpaired) electrons. The van der Waals surface area contributed by atoms with Crippen LogP contribution in [-0.4, -0.2) is 20.7 Å². The van der Waals surface area contributed by atoms with Crippen molar-refractivity contribution in [2.75, 3.05) is 0 Å². The number of aryl methyl sites for hydroxylation is 2. The third kappa shape index (κ3) is 7.52. The standard InChI is InChI=1S/C30H33FN4OS/c1-3-4-5-6-7-23-10-14-25(15-11-23)29(36)32-20-28-33-34-30(35(28)27-18-8-22(2)9-19-27)37-21-24-12-16-26(31)17-13-24/h8-19H,3-7,20-21H2,1-2H3,(H,32,36). The molecule has 0 saturated heterocycles. The SMILES string of the molecule is CCCCCCc1ccc(C(=O)NCc2nnc(SCc3ccc(F)cc3)n2-c2ccc(C)cc2)cc1. The van der Waals surface area contributed by atoms with Gasteiger partial charge < -0.3 is 5.32 Å². The zero-order valence-corrected chi connectivity index (χ0v) is 22.2. The van der Waals surface area contributed by atoms with Crippen LogP contribution >= 0.6 is 11.8 Å². The maximum Gasteiger partial charge on any atom is 0.251 e. The minimum Gasteiger partial charge on any atom is -0.345 e. The summed E-state index contributed by atoms with van der Waals surface area (Å²) in [7, 11) is 0. The molecule has 37 heavy (non-hydrogen) atoms. The predicted octanol–water partition coefficient (Wildman–Crippen LogP) is 7.06. The van der Waals surface area contributed by atoms with Crippen LogP contribution in [0.3, 0.4) is 0 Å². The predicted molar refractivity (Wildman–Crippen MR) is 148 cm³/mol. The van der Waals surface area contributed by atoms with Gasteiger partial charge in [0, 0.05) is 17.0 Å². The van der Waals surface area contributed by atoms with Gasteiger partial charge in [0.1, 0.15) is 5.82 Å². The number of amides is 1. The van der Waals surface area contributed by atoms with E-state index in [1.54, 1.807) is 12.1 Å². The van der Waals surface area contributed by atoms with Crippen molar-refractivity contribution < 1.29 is 9.18 Å². The number of hydrogen-bond acceptors (Lipinski definition) is 4. The Morgan fingerprint density at radius 3 is 2.30 bits per heavy atom. The van der Waals surface area contributed by atoms with Crippen molar-refractivity contribution in [1.29, 1.82) is 0 Å². The van der Waals surface area contributed by atoms with E-state index in [1.807, 2.05) is 60.0 Å². The van der Waals surface area contributed by atoms with Crippen LogP contribution in [0.4, 0.5) is 4.39 Å². The molecule has 0 spiro atoms. The molecule has 3 aromatic carbocycles. The topological polar surface area (TPSA) is 59.8 Å². The van der Waals surface area contributed by atoms with Gasteiger partial charge in [0.15, 0.2) is 11.0 Å². The van der Waals surface area contributed by atoms with E-state index in [-0.39, 0.29) is 18.3 Å². The van der Waals surface area contributed by atoms with Crippen molar-refractivity contribution in [3.63, 3.8) is 0 Å². The van der Waals surface area contributed by atoms with E-state index in [4.69, 9.17) is 0 Å². The highest BCUT2D eigenvalue weighted by Gasteiger charge is 2.16. The van der Waals surface area contributed by atoms with Crippen molar-refractivity contribution in [3.8, 4) is 5.69 Å². The third-order valence-corrected chi connectivity index (χ3v) is 7.22. The summed E-state index contributed by atoms with van der Waals surface area (Å²) in [4.78, 5) is 12.9. The van der Waals surface area contributed by atoms with Crippen LogP contribution < -0.4 is 5.32 Å². The summed E-state index contributed by atoms with van der Waals surface area (Å²) in [6.07, 6.45) is 5.95. The number of aromatic nitrogens is 3. The van der Waals surface area contributed by atoms with Crippen LogP contribution in [0.25, 0.3) is 5.69 Å². The van der Waals surface area contributed by atoms with Gasteiger partial charge in [-0.1, -0.05) is 79.9 Å².